The molecule has 0 aliphatic carbocycles. The number of hydrogen-bond acceptors (Lipinski definition) is 3. The normalized spacial score (nSPS) is 19.4. The standard InChI is InChI=1S/C17H27FN2S/c1-14(2)20(13-15-4-3-9-19-12-15)10-11-21-17-7-5-16(18)6-8-17/h5-8,14-15,19H,3-4,9-13H2,1-2H3. The first kappa shape index (κ1) is 16.8. The van der Waals surface area contributed by atoms with Crippen molar-refractivity contribution in [3.63, 3.8) is 0 Å². The maximum absolute atomic E-state index is 12.9. The Bertz CT molecular complexity index is 402. The van der Waals surface area contributed by atoms with Crippen molar-refractivity contribution in [1.82, 2.24) is 10.2 Å². The molecule has 0 aromatic heterocycles. The number of piperidine rings is 1. The van der Waals surface area contributed by atoms with E-state index in [1.165, 1.54) is 38.1 Å². The molecule has 1 N–H and O–H groups in total. The molecule has 0 saturated carbocycles. The van der Waals surface area contributed by atoms with Crippen LogP contribution in [0.25, 0.3) is 0 Å². The zero-order valence-corrected chi connectivity index (χ0v) is 14.0. The molecule has 1 heterocycles. The van der Waals surface area contributed by atoms with Gasteiger partial charge in [-0.1, -0.05) is 0 Å². The highest BCUT2D eigenvalue weighted by molar-refractivity contribution is 7.99. The van der Waals surface area contributed by atoms with Gasteiger partial charge < -0.3 is 5.32 Å². The van der Waals surface area contributed by atoms with Crippen LogP contribution in [-0.4, -0.2) is 42.9 Å². The number of thioether (sulfide) groups is 1. The number of nitrogens with zero attached hydrogens (tertiary/aromatic N) is 1. The predicted octanol–water partition coefficient (Wildman–Crippen LogP) is 3.63. The third kappa shape index (κ3) is 5.97. The fourth-order valence-corrected chi connectivity index (χ4v) is 3.67. The molecule has 1 aromatic rings. The van der Waals surface area contributed by atoms with E-state index < -0.39 is 0 Å². The summed E-state index contributed by atoms with van der Waals surface area (Å²) in [6.07, 6.45) is 2.66. The van der Waals surface area contributed by atoms with E-state index in [4.69, 9.17) is 0 Å². The third-order valence-corrected chi connectivity index (χ3v) is 5.08. The summed E-state index contributed by atoms with van der Waals surface area (Å²) in [6.45, 7) is 9.18. The lowest BCUT2D eigenvalue weighted by Gasteiger charge is -2.32. The lowest BCUT2D eigenvalue weighted by atomic mass is 9.98. The quantitative estimate of drug-likeness (QED) is 0.774. The second kappa shape index (κ2) is 8.76. The first-order valence-corrected chi connectivity index (χ1v) is 8.97. The Morgan fingerprint density at radius 2 is 2.10 bits per heavy atom. The van der Waals surface area contributed by atoms with Gasteiger partial charge >= 0.3 is 0 Å². The van der Waals surface area contributed by atoms with Crippen LogP contribution in [-0.2, 0) is 0 Å². The van der Waals surface area contributed by atoms with Crippen molar-refractivity contribution in [3.8, 4) is 0 Å². The van der Waals surface area contributed by atoms with E-state index in [0.717, 1.165) is 29.7 Å². The SMILES string of the molecule is CC(C)N(CCSc1ccc(F)cc1)CC1CCCNC1. The Balaban J connectivity index is 1.75. The van der Waals surface area contributed by atoms with E-state index in [9.17, 15) is 4.39 Å². The van der Waals surface area contributed by atoms with Gasteiger partial charge in [0.1, 0.15) is 5.82 Å². The molecule has 21 heavy (non-hydrogen) atoms. The second-order valence-electron chi connectivity index (χ2n) is 6.10. The van der Waals surface area contributed by atoms with Crippen molar-refractivity contribution in [2.75, 3.05) is 31.9 Å². The molecule has 118 valence electrons. The van der Waals surface area contributed by atoms with Crippen molar-refractivity contribution >= 4 is 11.8 Å². The number of benzene rings is 1. The summed E-state index contributed by atoms with van der Waals surface area (Å²) >= 11 is 1.81. The highest BCUT2D eigenvalue weighted by Gasteiger charge is 2.18. The van der Waals surface area contributed by atoms with Crippen molar-refractivity contribution in [2.24, 2.45) is 5.92 Å². The van der Waals surface area contributed by atoms with Crippen LogP contribution in [0.5, 0.6) is 0 Å². The van der Waals surface area contributed by atoms with Gasteiger partial charge in [0.05, 0.1) is 0 Å². The van der Waals surface area contributed by atoms with Gasteiger partial charge in [0, 0.05) is 29.8 Å². The maximum atomic E-state index is 12.9. The summed E-state index contributed by atoms with van der Waals surface area (Å²) in [5, 5.41) is 3.50. The summed E-state index contributed by atoms with van der Waals surface area (Å²) in [6, 6.07) is 7.39. The van der Waals surface area contributed by atoms with Gasteiger partial charge in [0.15, 0.2) is 0 Å². The Kier molecular flexibility index (Phi) is 7.00. The molecule has 1 fully saturated rings. The van der Waals surface area contributed by atoms with E-state index in [0.29, 0.717) is 6.04 Å². The van der Waals surface area contributed by atoms with E-state index in [1.54, 1.807) is 0 Å². The largest absolute Gasteiger partial charge is 0.316 e. The summed E-state index contributed by atoms with van der Waals surface area (Å²) in [5.41, 5.74) is 0. The number of rotatable bonds is 7. The summed E-state index contributed by atoms with van der Waals surface area (Å²) in [7, 11) is 0. The van der Waals surface area contributed by atoms with E-state index >= 15 is 0 Å². The molecule has 0 spiro atoms. The van der Waals surface area contributed by atoms with E-state index in [1.807, 2.05) is 23.9 Å². The van der Waals surface area contributed by atoms with E-state index in [-0.39, 0.29) is 5.82 Å². The molecule has 1 aliphatic heterocycles. The Morgan fingerprint density at radius 1 is 1.33 bits per heavy atom. The minimum Gasteiger partial charge on any atom is -0.316 e. The van der Waals surface area contributed by atoms with Crippen LogP contribution in [0.4, 0.5) is 4.39 Å². The van der Waals surface area contributed by atoms with Crippen molar-refractivity contribution in [2.45, 2.75) is 37.6 Å². The molecule has 1 atom stereocenters. The topological polar surface area (TPSA) is 15.3 Å². The molecule has 2 nitrogen and oxygen atoms in total. The molecule has 0 radical (unpaired) electrons. The first-order valence-electron chi connectivity index (χ1n) is 7.98. The molecular formula is C17H27FN2S. The minimum atomic E-state index is -0.159. The summed E-state index contributed by atoms with van der Waals surface area (Å²) in [4.78, 5) is 3.73. The fraction of sp³-hybridized carbons (Fsp3) is 0.647. The minimum absolute atomic E-state index is 0.159. The number of hydrogen-bond donors (Lipinski definition) is 1. The molecule has 1 unspecified atom stereocenters. The van der Waals surface area contributed by atoms with Gasteiger partial charge in [0.25, 0.3) is 0 Å². The molecule has 1 aliphatic rings. The van der Waals surface area contributed by atoms with E-state index in [2.05, 4.69) is 24.1 Å². The number of halogens is 1. The van der Waals surface area contributed by atoms with Crippen molar-refractivity contribution < 1.29 is 4.39 Å². The van der Waals surface area contributed by atoms with Gasteiger partial charge in [0.2, 0.25) is 0 Å². The zero-order valence-electron chi connectivity index (χ0n) is 13.1. The fourth-order valence-electron chi connectivity index (χ4n) is 2.78. The smallest absolute Gasteiger partial charge is 0.123 e. The van der Waals surface area contributed by atoms with Crippen LogP contribution in [0.2, 0.25) is 0 Å². The Hall–Kier alpha value is -0.580. The molecule has 2 rings (SSSR count). The summed E-state index contributed by atoms with van der Waals surface area (Å²) in [5.74, 6) is 1.69. The van der Waals surface area contributed by atoms with Crippen LogP contribution >= 0.6 is 11.8 Å². The Labute approximate surface area is 132 Å². The molecule has 0 amide bonds. The van der Waals surface area contributed by atoms with Gasteiger partial charge in [-0.15, -0.1) is 11.8 Å². The van der Waals surface area contributed by atoms with Crippen LogP contribution in [0, 0.1) is 11.7 Å². The van der Waals surface area contributed by atoms with Gasteiger partial charge in [-0.25, -0.2) is 4.39 Å². The lowest BCUT2D eigenvalue weighted by Crippen LogP contribution is -2.42. The summed E-state index contributed by atoms with van der Waals surface area (Å²) < 4.78 is 12.9. The zero-order chi connectivity index (χ0) is 15.1. The second-order valence-corrected chi connectivity index (χ2v) is 7.27. The third-order valence-electron chi connectivity index (χ3n) is 4.08. The lowest BCUT2D eigenvalue weighted by molar-refractivity contribution is 0.181. The molecular weight excluding hydrogens is 283 g/mol. The molecule has 1 aromatic carbocycles. The molecule has 0 bridgehead atoms. The molecule has 1 saturated heterocycles. The van der Waals surface area contributed by atoms with Crippen LogP contribution in [0.1, 0.15) is 26.7 Å². The van der Waals surface area contributed by atoms with Crippen molar-refractivity contribution in [3.05, 3.63) is 30.1 Å². The monoisotopic (exact) mass is 310 g/mol. The molecule has 4 heteroatoms. The average molecular weight is 310 g/mol. The highest BCUT2D eigenvalue weighted by Crippen LogP contribution is 2.19. The van der Waals surface area contributed by atoms with Gasteiger partial charge in [-0.3, -0.25) is 4.90 Å². The first-order chi connectivity index (χ1) is 10.1. The predicted molar refractivity (Wildman–Crippen MR) is 89.4 cm³/mol. The maximum Gasteiger partial charge on any atom is 0.123 e. The van der Waals surface area contributed by atoms with Crippen LogP contribution in [0.15, 0.2) is 29.2 Å². The Morgan fingerprint density at radius 3 is 2.71 bits per heavy atom. The number of nitrogens with one attached hydrogen (secondary N) is 1. The van der Waals surface area contributed by atoms with Gasteiger partial charge in [-0.05, 0) is 70.0 Å². The van der Waals surface area contributed by atoms with Crippen LogP contribution in [0.3, 0.4) is 0 Å². The van der Waals surface area contributed by atoms with Crippen LogP contribution < -0.4 is 5.32 Å². The van der Waals surface area contributed by atoms with Crippen molar-refractivity contribution in [1.29, 1.82) is 0 Å². The average Bonchev–Trinajstić information content (AvgIpc) is 2.49. The van der Waals surface area contributed by atoms with Gasteiger partial charge in [-0.2, -0.15) is 0 Å². The highest BCUT2D eigenvalue weighted by atomic mass is 32.2.